The molecule has 1 aliphatic rings. The Balaban J connectivity index is 1.56. The van der Waals surface area contributed by atoms with Crippen LogP contribution in [0.25, 0.3) is 0 Å². The summed E-state index contributed by atoms with van der Waals surface area (Å²) in [5, 5.41) is 0. The third kappa shape index (κ3) is 3.24. The van der Waals surface area contributed by atoms with E-state index in [2.05, 4.69) is 19.9 Å². The van der Waals surface area contributed by atoms with E-state index in [-0.39, 0.29) is 11.9 Å². The molecule has 0 unspecified atom stereocenters. The van der Waals surface area contributed by atoms with Gasteiger partial charge in [0.05, 0.1) is 6.20 Å². The van der Waals surface area contributed by atoms with Gasteiger partial charge in [-0.05, 0) is 31.4 Å². The third-order valence-corrected chi connectivity index (χ3v) is 4.52. The first-order valence-electron chi connectivity index (χ1n) is 8.44. The van der Waals surface area contributed by atoms with Crippen LogP contribution in [0, 0.1) is 12.7 Å². The van der Waals surface area contributed by atoms with Gasteiger partial charge < -0.3 is 9.32 Å². The topological polar surface area (TPSA) is 55.1 Å². The predicted molar refractivity (Wildman–Crippen MR) is 91.8 cm³/mol. The van der Waals surface area contributed by atoms with E-state index in [0.29, 0.717) is 23.6 Å². The number of hydrogen-bond acceptors (Lipinski definition) is 5. The lowest BCUT2D eigenvalue weighted by atomic mass is 10.1. The van der Waals surface area contributed by atoms with Crippen LogP contribution in [-0.4, -0.2) is 21.5 Å². The Hall–Kier alpha value is -2.76. The summed E-state index contributed by atoms with van der Waals surface area (Å²) in [6.07, 6.45) is 5.70. The molecule has 0 spiro atoms. The van der Waals surface area contributed by atoms with Crippen LogP contribution in [0.4, 0.5) is 10.2 Å². The van der Waals surface area contributed by atoms with Crippen molar-refractivity contribution in [2.45, 2.75) is 32.2 Å². The summed E-state index contributed by atoms with van der Waals surface area (Å²) in [7, 11) is 0. The molecule has 0 aliphatic carbocycles. The molecule has 0 saturated carbocycles. The minimum atomic E-state index is -0.223. The maximum atomic E-state index is 13.8. The average molecular weight is 338 g/mol. The Morgan fingerprint density at radius 3 is 2.96 bits per heavy atom. The third-order valence-electron chi connectivity index (χ3n) is 4.52. The van der Waals surface area contributed by atoms with Crippen molar-refractivity contribution >= 4 is 5.82 Å². The fourth-order valence-electron chi connectivity index (χ4n) is 3.28. The maximum absolute atomic E-state index is 13.8. The summed E-state index contributed by atoms with van der Waals surface area (Å²) >= 11 is 0. The largest absolute Gasteiger partial charge is 0.443 e. The second kappa shape index (κ2) is 6.63. The Bertz CT molecular complexity index is 879. The molecule has 1 aromatic carbocycles. The smallest absolute Gasteiger partial charge is 0.217 e. The van der Waals surface area contributed by atoms with E-state index in [0.717, 1.165) is 30.9 Å². The quantitative estimate of drug-likeness (QED) is 0.723. The number of aromatic nitrogens is 3. The molecule has 5 nitrogen and oxygen atoms in total. The van der Waals surface area contributed by atoms with Crippen molar-refractivity contribution in [1.29, 1.82) is 0 Å². The first kappa shape index (κ1) is 15.7. The van der Waals surface area contributed by atoms with Gasteiger partial charge in [-0.2, -0.15) is 0 Å². The molecule has 0 N–H and O–H groups in total. The van der Waals surface area contributed by atoms with Crippen molar-refractivity contribution in [3.8, 4) is 0 Å². The summed E-state index contributed by atoms with van der Waals surface area (Å²) < 4.78 is 19.8. The van der Waals surface area contributed by atoms with Crippen molar-refractivity contribution < 1.29 is 8.81 Å². The van der Waals surface area contributed by atoms with E-state index >= 15 is 0 Å². The van der Waals surface area contributed by atoms with Crippen LogP contribution < -0.4 is 4.90 Å². The maximum Gasteiger partial charge on any atom is 0.217 e. The van der Waals surface area contributed by atoms with Crippen LogP contribution in [0.1, 0.15) is 41.8 Å². The van der Waals surface area contributed by atoms with Gasteiger partial charge in [-0.25, -0.2) is 19.3 Å². The lowest BCUT2D eigenvalue weighted by molar-refractivity contribution is 0.423. The number of anilines is 1. The van der Waals surface area contributed by atoms with E-state index in [1.165, 1.54) is 6.07 Å². The van der Waals surface area contributed by atoms with Crippen LogP contribution in [0.2, 0.25) is 0 Å². The van der Waals surface area contributed by atoms with Crippen molar-refractivity contribution in [2.75, 3.05) is 11.4 Å². The highest BCUT2D eigenvalue weighted by Gasteiger charge is 2.31. The Labute approximate surface area is 145 Å². The molecular weight excluding hydrogens is 319 g/mol. The molecular formula is C19H19FN4O. The van der Waals surface area contributed by atoms with Gasteiger partial charge in [0.2, 0.25) is 5.89 Å². The fraction of sp³-hybridized carbons (Fsp3) is 0.316. The predicted octanol–water partition coefficient (Wildman–Crippen LogP) is 3.84. The summed E-state index contributed by atoms with van der Waals surface area (Å²) in [6.45, 7) is 2.86. The van der Waals surface area contributed by atoms with E-state index in [1.54, 1.807) is 24.7 Å². The van der Waals surface area contributed by atoms with Crippen molar-refractivity contribution in [3.05, 3.63) is 71.6 Å². The lowest BCUT2D eigenvalue weighted by Gasteiger charge is -2.23. The molecule has 1 atom stereocenters. The standard InChI is InChI=1S/C19H19FN4O/c1-13-9-18(23-12-22-13)24-8-4-7-17(24)19-21-11-15(25-19)10-14-5-2-3-6-16(14)20/h2-3,5-6,9,11-12,17H,4,7-8,10H2,1H3/t17-/m0/s1. The molecule has 3 heterocycles. The summed E-state index contributed by atoms with van der Waals surface area (Å²) in [6, 6.07) is 8.77. The van der Waals surface area contributed by atoms with Crippen LogP contribution in [0.15, 0.2) is 47.3 Å². The minimum Gasteiger partial charge on any atom is -0.443 e. The van der Waals surface area contributed by atoms with E-state index < -0.39 is 0 Å². The van der Waals surface area contributed by atoms with Gasteiger partial charge in [0.1, 0.15) is 29.8 Å². The van der Waals surface area contributed by atoms with Crippen molar-refractivity contribution in [2.24, 2.45) is 0 Å². The molecule has 1 aliphatic heterocycles. The first-order chi connectivity index (χ1) is 12.2. The summed E-state index contributed by atoms with van der Waals surface area (Å²) in [4.78, 5) is 15.2. The van der Waals surface area contributed by atoms with Crippen LogP contribution in [0.5, 0.6) is 0 Å². The van der Waals surface area contributed by atoms with Crippen LogP contribution >= 0.6 is 0 Å². The minimum absolute atomic E-state index is 0.0590. The Kier molecular flexibility index (Phi) is 4.17. The van der Waals surface area contributed by atoms with Gasteiger partial charge in [0.15, 0.2) is 0 Å². The molecule has 25 heavy (non-hydrogen) atoms. The van der Waals surface area contributed by atoms with Crippen molar-refractivity contribution in [1.82, 2.24) is 15.0 Å². The molecule has 0 radical (unpaired) electrons. The molecule has 2 aromatic heterocycles. The summed E-state index contributed by atoms with van der Waals surface area (Å²) in [5.41, 5.74) is 1.54. The van der Waals surface area contributed by atoms with E-state index in [9.17, 15) is 4.39 Å². The Morgan fingerprint density at radius 1 is 1.24 bits per heavy atom. The monoisotopic (exact) mass is 338 g/mol. The Morgan fingerprint density at radius 2 is 2.12 bits per heavy atom. The fourth-order valence-corrected chi connectivity index (χ4v) is 3.28. The van der Waals surface area contributed by atoms with Gasteiger partial charge in [0, 0.05) is 24.7 Å². The molecule has 3 aromatic rings. The average Bonchev–Trinajstić information content (AvgIpc) is 3.26. The second-order valence-corrected chi connectivity index (χ2v) is 6.30. The normalized spacial score (nSPS) is 17.2. The van der Waals surface area contributed by atoms with E-state index in [4.69, 9.17) is 4.42 Å². The molecule has 6 heteroatoms. The number of aryl methyl sites for hydroxylation is 1. The highest BCUT2D eigenvalue weighted by molar-refractivity contribution is 5.42. The number of oxazole rings is 1. The highest BCUT2D eigenvalue weighted by Crippen LogP contribution is 2.35. The van der Waals surface area contributed by atoms with Gasteiger partial charge in [-0.1, -0.05) is 18.2 Å². The van der Waals surface area contributed by atoms with Gasteiger partial charge >= 0.3 is 0 Å². The molecule has 0 amide bonds. The number of rotatable bonds is 4. The molecule has 0 bridgehead atoms. The van der Waals surface area contributed by atoms with Gasteiger partial charge in [-0.15, -0.1) is 0 Å². The SMILES string of the molecule is Cc1cc(N2CCC[C@H]2c2ncc(Cc3ccccc3F)o2)ncn1. The first-order valence-corrected chi connectivity index (χ1v) is 8.44. The van der Waals surface area contributed by atoms with Crippen LogP contribution in [0.3, 0.4) is 0 Å². The number of benzene rings is 1. The molecule has 1 saturated heterocycles. The number of halogens is 1. The van der Waals surface area contributed by atoms with Gasteiger partial charge in [0.25, 0.3) is 0 Å². The zero-order valence-corrected chi connectivity index (χ0v) is 14.0. The second-order valence-electron chi connectivity index (χ2n) is 6.30. The highest BCUT2D eigenvalue weighted by atomic mass is 19.1. The van der Waals surface area contributed by atoms with E-state index in [1.807, 2.05) is 19.1 Å². The lowest BCUT2D eigenvalue weighted by Crippen LogP contribution is -2.23. The summed E-state index contributed by atoms with van der Waals surface area (Å²) in [5.74, 6) is 2.01. The number of hydrogen-bond donors (Lipinski definition) is 0. The van der Waals surface area contributed by atoms with Crippen molar-refractivity contribution in [3.63, 3.8) is 0 Å². The number of nitrogens with zero attached hydrogens (tertiary/aromatic N) is 4. The zero-order chi connectivity index (χ0) is 17.2. The van der Waals surface area contributed by atoms with Gasteiger partial charge in [-0.3, -0.25) is 0 Å². The molecule has 1 fully saturated rings. The van der Waals surface area contributed by atoms with Crippen LogP contribution in [-0.2, 0) is 6.42 Å². The molecule has 128 valence electrons. The molecule has 4 rings (SSSR count). The zero-order valence-electron chi connectivity index (χ0n) is 14.0.